The van der Waals surface area contributed by atoms with E-state index in [-0.39, 0.29) is 5.75 Å². The number of hydrogen-bond donors (Lipinski definition) is 3. The highest BCUT2D eigenvalue weighted by Crippen LogP contribution is 2.18. The lowest BCUT2D eigenvalue weighted by atomic mass is 10.2. The van der Waals surface area contributed by atoms with Gasteiger partial charge in [-0.15, -0.1) is 11.8 Å². The Labute approximate surface area is 136 Å². The molecule has 0 radical (unpaired) electrons. The minimum absolute atomic E-state index is 0.0837. The van der Waals surface area contributed by atoms with Gasteiger partial charge in [-0.1, -0.05) is 0 Å². The maximum absolute atomic E-state index is 11.6. The molecule has 4 N–H and O–H groups in total. The van der Waals surface area contributed by atoms with E-state index in [2.05, 4.69) is 14.8 Å². The minimum Gasteiger partial charge on any atom is -0.480 e. The van der Waals surface area contributed by atoms with Crippen LogP contribution < -0.4 is 11.1 Å². The molecule has 1 unspecified atom stereocenters. The average molecular weight is 350 g/mol. The van der Waals surface area contributed by atoms with Crippen molar-refractivity contribution in [2.45, 2.75) is 17.7 Å². The fourth-order valence-electron chi connectivity index (χ4n) is 1.30. The molecule has 0 aliphatic heterocycles. The predicted octanol–water partition coefficient (Wildman–Crippen LogP) is -2.08. The van der Waals surface area contributed by atoms with Crippen LogP contribution in [-0.2, 0) is 33.4 Å². The number of ether oxygens (including phenoxy) is 2. The molecule has 0 heterocycles. The summed E-state index contributed by atoms with van der Waals surface area (Å²) in [7, 11) is 2.14. The van der Waals surface area contributed by atoms with Gasteiger partial charge in [0.15, 0.2) is 0 Å². The molecule has 0 saturated carbocycles. The van der Waals surface area contributed by atoms with Crippen molar-refractivity contribution in [3.8, 4) is 0 Å². The minimum atomic E-state index is -1.23. The number of rotatable bonds is 10. The number of amides is 1. The van der Waals surface area contributed by atoms with E-state index < -0.39 is 53.9 Å². The highest BCUT2D eigenvalue weighted by Gasteiger charge is 2.28. The van der Waals surface area contributed by atoms with Crippen LogP contribution in [0.15, 0.2) is 0 Å². The third-order valence-corrected chi connectivity index (χ3v) is 3.79. The lowest BCUT2D eigenvalue weighted by Gasteiger charge is -2.16. The normalized spacial score (nSPS) is 12.7. The summed E-state index contributed by atoms with van der Waals surface area (Å²) in [6, 6.07) is -1.10. The predicted molar refractivity (Wildman–Crippen MR) is 78.5 cm³/mol. The van der Waals surface area contributed by atoms with Crippen LogP contribution in [0.2, 0.25) is 0 Å². The van der Waals surface area contributed by atoms with E-state index in [9.17, 15) is 24.0 Å². The van der Waals surface area contributed by atoms with Gasteiger partial charge in [0.25, 0.3) is 0 Å². The molecule has 130 valence electrons. The molecule has 0 bridgehead atoms. The van der Waals surface area contributed by atoms with Crippen molar-refractivity contribution in [2.75, 3.05) is 26.5 Å². The Morgan fingerprint density at radius 3 is 2.26 bits per heavy atom. The third-order valence-electron chi connectivity index (χ3n) is 2.48. The zero-order valence-electron chi connectivity index (χ0n) is 12.6. The maximum Gasteiger partial charge on any atom is 0.374 e. The number of methoxy groups -OCH3 is 2. The molecule has 1 amide bonds. The van der Waals surface area contributed by atoms with E-state index in [0.717, 1.165) is 26.0 Å². The third kappa shape index (κ3) is 8.16. The van der Waals surface area contributed by atoms with E-state index in [4.69, 9.17) is 10.8 Å². The fraction of sp³-hybridized carbons (Fsp3) is 0.583. The first-order valence-electron chi connectivity index (χ1n) is 6.28. The first kappa shape index (κ1) is 20.9. The number of hydrogen-bond acceptors (Lipinski definition) is 9. The average Bonchev–Trinajstić information content (AvgIpc) is 2.53. The Hall–Kier alpha value is -2.14. The van der Waals surface area contributed by atoms with Gasteiger partial charge < -0.3 is 25.6 Å². The van der Waals surface area contributed by atoms with Gasteiger partial charge in [-0.25, -0.2) is 4.79 Å². The molecule has 0 aromatic carbocycles. The number of thioether (sulfide) groups is 1. The highest BCUT2D eigenvalue weighted by atomic mass is 32.2. The molecular weight excluding hydrogens is 332 g/mol. The number of esters is 2. The van der Waals surface area contributed by atoms with Gasteiger partial charge in [0.2, 0.25) is 11.7 Å². The summed E-state index contributed by atoms with van der Waals surface area (Å²) in [5.41, 5.74) is 5.56. The van der Waals surface area contributed by atoms with Gasteiger partial charge in [0.1, 0.15) is 11.8 Å². The van der Waals surface area contributed by atoms with E-state index in [1.54, 1.807) is 0 Å². The second-order valence-corrected chi connectivity index (χ2v) is 5.42. The lowest BCUT2D eigenvalue weighted by molar-refractivity contribution is -0.152. The molecule has 0 rings (SSSR count). The van der Waals surface area contributed by atoms with Crippen LogP contribution in [0.4, 0.5) is 0 Å². The number of carboxylic acid groups (broad SMARTS) is 1. The highest BCUT2D eigenvalue weighted by molar-refractivity contribution is 8.00. The number of Topliss-reactive ketones (excluding diaryl/α,β-unsaturated/α-hetero) is 1. The number of carbonyl (C=O) groups is 5. The molecule has 10 nitrogen and oxygen atoms in total. The van der Waals surface area contributed by atoms with Crippen LogP contribution in [-0.4, -0.2) is 72.5 Å². The molecular formula is C12H18N2O8S. The lowest BCUT2D eigenvalue weighted by Crippen LogP contribution is -2.44. The van der Waals surface area contributed by atoms with Crippen LogP contribution >= 0.6 is 11.8 Å². The summed E-state index contributed by atoms with van der Waals surface area (Å²) < 4.78 is 8.77. The van der Waals surface area contributed by atoms with Gasteiger partial charge in [-0.3, -0.25) is 19.2 Å². The molecule has 2 atom stereocenters. The first-order chi connectivity index (χ1) is 10.7. The topological polar surface area (TPSA) is 162 Å². The molecule has 23 heavy (non-hydrogen) atoms. The van der Waals surface area contributed by atoms with E-state index in [0.29, 0.717) is 0 Å². The number of carboxylic acids is 1. The molecule has 0 aliphatic carbocycles. The largest absolute Gasteiger partial charge is 0.480 e. The summed E-state index contributed by atoms with van der Waals surface area (Å²) in [5.74, 6) is -4.80. The van der Waals surface area contributed by atoms with Crippen molar-refractivity contribution >= 4 is 41.4 Å². The van der Waals surface area contributed by atoms with Crippen molar-refractivity contribution in [1.82, 2.24) is 5.32 Å². The second kappa shape index (κ2) is 10.6. The fourth-order valence-corrected chi connectivity index (χ4v) is 2.39. The van der Waals surface area contributed by atoms with Crippen LogP contribution in [0.3, 0.4) is 0 Å². The molecule has 0 saturated heterocycles. The zero-order valence-corrected chi connectivity index (χ0v) is 13.4. The quantitative estimate of drug-likeness (QED) is 0.294. The van der Waals surface area contributed by atoms with Crippen molar-refractivity contribution < 1.29 is 38.6 Å². The number of nitrogens with one attached hydrogen (secondary N) is 1. The Balaban J connectivity index is 4.58. The van der Waals surface area contributed by atoms with Crippen LogP contribution in [0.25, 0.3) is 0 Å². The Morgan fingerprint density at radius 1 is 1.17 bits per heavy atom. The summed E-state index contributed by atoms with van der Waals surface area (Å²) in [6.45, 7) is -0.585. The van der Waals surface area contributed by atoms with E-state index in [1.165, 1.54) is 0 Å². The number of aliphatic carboxylic acids is 1. The molecule has 0 aromatic heterocycles. The van der Waals surface area contributed by atoms with Crippen LogP contribution in [0, 0.1) is 0 Å². The first-order valence-corrected chi connectivity index (χ1v) is 7.33. The van der Waals surface area contributed by atoms with E-state index >= 15 is 0 Å². The maximum atomic E-state index is 11.6. The SMILES string of the molecule is COC(=O)C(=O)CC(SC[C@H](N)C(=O)NCC(=O)O)C(=O)OC. The molecule has 0 aromatic rings. The molecule has 0 spiro atoms. The van der Waals surface area contributed by atoms with Gasteiger partial charge in [-0.05, 0) is 0 Å². The number of carbonyl (C=O) groups excluding carboxylic acids is 4. The van der Waals surface area contributed by atoms with Crippen LogP contribution in [0.5, 0.6) is 0 Å². The van der Waals surface area contributed by atoms with Gasteiger partial charge in [0.05, 0.1) is 20.3 Å². The van der Waals surface area contributed by atoms with Crippen molar-refractivity contribution in [1.29, 1.82) is 0 Å². The summed E-state index contributed by atoms with van der Waals surface area (Å²) >= 11 is 0.845. The number of ketones is 1. The van der Waals surface area contributed by atoms with Crippen LogP contribution in [0.1, 0.15) is 6.42 Å². The van der Waals surface area contributed by atoms with Crippen molar-refractivity contribution in [3.05, 3.63) is 0 Å². The number of nitrogens with two attached hydrogens (primary N) is 1. The smallest absolute Gasteiger partial charge is 0.374 e. The standard InChI is InChI=1S/C12H18N2O8S/c1-21-11(19)7(15)3-8(12(20)22-2)23-5-6(13)10(18)14-4-9(16)17/h6,8H,3-5,13H2,1-2H3,(H,14,18)(H,16,17)/t6-,8?/m0/s1. The van der Waals surface area contributed by atoms with Gasteiger partial charge in [-0.2, -0.15) is 0 Å². The summed E-state index contributed by atoms with van der Waals surface area (Å²) in [6.07, 6.45) is -0.465. The van der Waals surface area contributed by atoms with E-state index in [1.807, 2.05) is 0 Å². The van der Waals surface area contributed by atoms with Gasteiger partial charge >= 0.3 is 17.9 Å². The second-order valence-electron chi connectivity index (χ2n) is 4.18. The molecule has 0 fully saturated rings. The Morgan fingerprint density at radius 2 is 1.78 bits per heavy atom. The van der Waals surface area contributed by atoms with Gasteiger partial charge in [0, 0.05) is 12.2 Å². The monoisotopic (exact) mass is 350 g/mol. The Kier molecular flexibility index (Phi) is 9.58. The van der Waals surface area contributed by atoms with Crippen molar-refractivity contribution in [3.63, 3.8) is 0 Å². The van der Waals surface area contributed by atoms with Crippen molar-refractivity contribution in [2.24, 2.45) is 5.73 Å². The summed E-state index contributed by atoms with van der Waals surface area (Å²) in [4.78, 5) is 56.0. The summed E-state index contributed by atoms with van der Waals surface area (Å²) in [5, 5.41) is 9.48. The Bertz CT molecular complexity index is 482. The zero-order chi connectivity index (χ0) is 18.0. The molecule has 0 aliphatic rings. The molecule has 11 heteroatoms.